The molecule has 0 saturated heterocycles. The van der Waals surface area contributed by atoms with E-state index in [0.29, 0.717) is 6.61 Å². The number of thiazole rings is 1. The second-order valence-electron chi connectivity index (χ2n) is 4.03. The van der Waals surface area contributed by atoms with Gasteiger partial charge in [-0.2, -0.15) is 0 Å². The van der Waals surface area contributed by atoms with Crippen LogP contribution in [0.4, 0.5) is 0 Å². The number of aromatic nitrogens is 1. The first kappa shape index (κ1) is 13.5. The minimum Gasteiger partial charge on any atom is -0.462 e. The molecule has 0 fully saturated rings. The molecule has 0 atom stereocenters. The molecule has 0 radical (unpaired) electrons. The molecule has 1 aromatic heterocycles. The molecule has 0 bridgehead atoms. The first-order valence-electron chi connectivity index (χ1n) is 6.05. The molecule has 1 aromatic carbocycles. The van der Waals surface area contributed by atoms with E-state index in [4.69, 9.17) is 4.74 Å². The van der Waals surface area contributed by atoms with Crippen LogP contribution in [-0.4, -0.2) is 17.6 Å². The molecule has 0 amide bonds. The molecule has 1 heterocycles. The van der Waals surface area contributed by atoms with Crippen molar-refractivity contribution in [2.24, 2.45) is 0 Å². The van der Waals surface area contributed by atoms with Crippen LogP contribution in [0.5, 0.6) is 0 Å². The minimum atomic E-state index is -0.332. The van der Waals surface area contributed by atoms with Gasteiger partial charge in [-0.1, -0.05) is 30.3 Å². The van der Waals surface area contributed by atoms with Crippen molar-refractivity contribution >= 4 is 23.4 Å². The number of hydrogen-bond donors (Lipinski definition) is 0. The van der Waals surface area contributed by atoms with Crippen LogP contribution in [-0.2, 0) is 16.0 Å². The number of nitrogens with zero attached hydrogens (tertiary/aromatic N) is 1. The zero-order valence-electron chi connectivity index (χ0n) is 10.7. The van der Waals surface area contributed by atoms with Gasteiger partial charge in [0.2, 0.25) is 0 Å². The Bertz CT molecular complexity index is 561. The summed E-state index contributed by atoms with van der Waals surface area (Å²) >= 11 is 1.56. The molecular formula is C15H15NO2S. The second-order valence-corrected chi connectivity index (χ2v) is 5.09. The summed E-state index contributed by atoms with van der Waals surface area (Å²) in [6, 6.07) is 9.95. The number of benzene rings is 1. The van der Waals surface area contributed by atoms with Crippen LogP contribution < -0.4 is 0 Å². The predicted molar refractivity (Wildman–Crippen MR) is 77.0 cm³/mol. The van der Waals surface area contributed by atoms with E-state index in [1.165, 1.54) is 6.08 Å². The van der Waals surface area contributed by atoms with Gasteiger partial charge in [-0.25, -0.2) is 9.78 Å². The topological polar surface area (TPSA) is 39.2 Å². The number of rotatable bonds is 5. The monoisotopic (exact) mass is 273 g/mol. The third-order valence-electron chi connectivity index (χ3n) is 2.50. The summed E-state index contributed by atoms with van der Waals surface area (Å²) in [4.78, 5) is 15.7. The summed E-state index contributed by atoms with van der Waals surface area (Å²) < 4.78 is 5.12. The van der Waals surface area contributed by atoms with E-state index in [0.717, 1.165) is 22.7 Å². The van der Waals surface area contributed by atoms with E-state index in [9.17, 15) is 4.79 Å². The van der Waals surface area contributed by atoms with E-state index >= 15 is 0 Å². The molecule has 19 heavy (non-hydrogen) atoms. The normalized spacial score (nSPS) is 10.8. The first-order chi connectivity index (χ1) is 9.24. The molecule has 0 spiro atoms. The van der Waals surface area contributed by atoms with E-state index in [1.807, 2.05) is 42.6 Å². The van der Waals surface area contributed by atoms with Crippen molar-refractivity contribution in [1.82, 2.24) is 4.98 Å². The Balaban J connectivity index is 1.74. The van der Waals surface area contributed by atoms with Crippen LogP contribution in [0.15, 0.2) is 41.8 Å². The van der Waals surface area contributed by atoms with Crippen LogP contribution in [0.2, 0.25) is 0 Å². The number of hydrogen-bond acceptors (Lipinski definition) is 4. The lowest BCUT2D eigenvalue weighted by molar-refractivity contribution is -0.137. The van der Waals surface area contributed by atoms with Gasteiger partial charge in [0.25, 0.3) is 0 Å². The van der Waals surface area contributed by atoms with Crippen molar-refractivity contribution in [2.75, 3.05) is 6.61 Å². The van der Waals surface area contributed by atoms with Gasteiger partial charge < -0.3 is 4.74 Å². The molecule has 0 aliphatic rings. The summed E-state index contributed by atoms with van der Waals surface area (Å²) in [5, 5.41) is 2.89. The van der Waals surface area contributed by atoms with E-state index in [1.54, 1.807) is 17.4 Å². The number of carbonyl (C=O) groups is 1. The van der Waals surface area contributed by atoms with Crippen LogP contribution in [0.3, 0.4) is 0 Å². The van der Waals surface area contributed by atoms with Crippen LogP contribution in [0, 0.1) is 6.92 Å². The molecule has 3 nitrogen and oxygen atoms in total. The van der Waals surface area contributed by atoms with Gasteiger partial charge >= 0.3 is 5.97 Å². The van der Waals surface area contributed by atoms with Crippen molar-refractivity contribution in [3.05, 3.63) is 58.1 Å². The molecule has 0 N–H and O–H groups in total. The quantitative estimate of drug-likeness (QED) is 0.620. The van der Waals surface area contributed by atoms with Gasteiger partial charge in [-0.05, 0) is 18.6 Å². The Labute approximate surface area is 116 Å². The maximum Gasteiger partial charge on any atom is 0.330 e. The number of carbonyl (C=O) groups excluding carboxylic acids is 1. The standard InChI is InChI=1S/C15H15NO2S/c1-12-16-14(11-19-12)7-8-15(17)18-10-9-13-5-3-2-4-6-13/h2-8,11H,9-10H2,1H3/b8-7+. The van der Waals surface area contributed by atoms with Crippen molar-refractivity contribution in [3.63, 3.8) is 0 Å². The van der Waals surface area contributed by atoms with E-state index < -0.39 is 0 Å². The number of aryl methyl sites for hydroxylation is 1. The second kappa shape index (κ2) is 6.85. The van der Waals surface area contributed by atoms with Gasteiger partial charge in [0.1, 0.15) is 0 Å². The molecule has 4 heteroatoms. The Morgan fingerprint density at radius 2 is 2.16 bits per heavy atom. The zero-order chi connectivity index (χ0) is 13.5. The lowest BCUT2D eigenvalue weighted by atomic mass is 10.2. The summed E-state index contributed by atoms with van der Waals surface area (Å²) in [5.74, 6) is -0.332. The molecule has 0 aliphatic heterocycles. The molecular weight excluding hydrogens is 258 g/mol. The highest BCUT2D eigenvalue weighted by molar-refractivity contribution is 7.09. The summed E-state index contributed by atoms with van der Waals surface area (Å²) in [6.07, 6.45) is 3.82. The third kappa shape index (κ3) is 4.67. The lowest BCUT2D eigenvalue weighted by Gasteiger charge is -2.01. The number of esters is 1. The summed E-state index contributed by atoms with van der Waals surface area (Å²) in [6.45, 7) is 2.32. The van der Waals surface area contributed by atoms with Crippen molar-refractivity contribution in [2.45, 2.75) is 13.3 Å². The fourth-order valence-electron chi connectivity index (χ4n) is 1.57. The smallest absolute Gasteiger partial charge is 0.330 e. The highest BCUT2D eigenvalue weighted by atomic mass is 32.1. The van der Waals surface area contributed by atoms with Gasteiger partial charge in [0.05, 0.1) is 17.3 Å². The third-order valence-corrected chi connectivity index (χ3v) is 3.30. The average Bonchev–Trinajstić information content (AvgIpc) is 2.83. The van der Waals surface area contributed by atoms with Gasteiger partial charge in [0.15, 0.2) is 0 Å². The summed E-state index contributed by atoms with van der Waals surface area (Å²) in [7, 11) is 0. The van der Waals surface area contributed by atoms with Crippen LogP contribution in [0.25, 0.3) is 6.08 Å². The first-order valence-corrected chi connectivity index (χ1v) is 6.93. The van der Waals surface area contributed by atoms with Crippen molar-refractivity contribution < 1.29 is 9.53 Å². The average molecular weight is 273 g/mol. The molecule has 0 unspecified atom stereocenters. The number of ether oxygens (including phenoxy) is 1. The van der Waals surface area contributed by atoms with Gasteiger partial charge in [-0.15, -0.1) is 11.3 Å². The maximum absolute atomic E-state index is 11.5. The Morgan fingerprint density at radius 1 is 1.37 bits per heavy atom. The van der Waals surface area contributed by atoms with Crippen molar-refractivity contribution in [1.29, 1.82) is 0 Å². The minimum absolute atomic E-state index is 0.332. The molecule has 0 aliphatic carbocycles. The maximum atomic E-state index is 11.5. The Morgan fingerprint density at radius 3 is 2.84 bits per heavy atom. The fraction of sp³-hybridized carbons (Fsp3) is 0.200. The zero-order valence-corrected chi connectivity index (χ0v) is 11.5. The Hall–Kier alpha value is -1.94. The highest BCUT2D eigenvalue weighted by Crippen LogP contribution is 2.09. The predicted octanol–water partition coefficient (Wildman–Crippen LogP) is 3.25. The molecule has 2 aromatic rings. The Kier molecular flexibility index (Phi) is 4.86. The molecule has 2 rings (SSSR count). The van der Waals surface area contributed by atoms with Gasteiger partial charge in [-0.3, -0.25) is 0 Å². The van der Waals surface area contributed by atoms with Crippen molar-refractivity contribution in [3.8, 4) is 0 Å². The van der Waals surface area contributed by atoms with E-state index in [-0.39, 0.29) is 5.97 Å². The van der Waals surface area contributed by atoms with Crippen LogP contribution in [0.1, 0.15) is 16.3 Å². The molecule has 0 saturated carbocycles. The lowest BCUT2D eigenvalue weighted by Crippen LogP contribution is -2.04. The van der Waals surface area contributed by atoms with Crippen LogP contribution >= 0.6 is 11.3 Å². The SMILES string of the molecule is Cc1nc(/C=C/C(=O)OCCc2ccccc2)cs1. The van der Waals surface area contributed by atoms with E-state index in [2.05, 4.69) is 4.98 Å². The molecule has 98 valence electrons. The highest BCUT2D eigenvalue weighted by Gasteiger charge is 1.99. The largest absolute Gasteiger partial charge is 0.462 e. The van der Waals surface area contributed by atoms with Gasteiger partial charge in [0, 0.05) is 17.9 Å². The fourth-order valence-corrected chi connectivity index (χ4v) is 2.15. The summed E-state index contributed by atoms with van der Waals surface area (Å²) in [5.41, 5.74) is 1.96.